The Hall–Kier alpha value is -1.29. The van der Waals surface area contributed by atoms with Crippen molar-refractivity contribution in [2.24, 2.45) is 0 Å². The molecule has 0 aliphatic heterocycles. The monoisotopic (exact) mass is 181 g/mol. The maximum atomic E-state index is 8.98. The van der Waals surface area contributed by atoms with Crippen LogP contribution in [0.2, 0.25) is 0 Å². The van der Waals surface area contributed by atoms with Crippen LogP contribution in [0.1, 0.15) is 5.76 Å². The molecule has 12 heavy (non-hydrogen) atoms. The summed E-state index contributed by atoms with van der Waals surface area (Å²) in [5.41, 5.74) is 0. The summed E-state index contributed by atoms with van der Waals surface area (Å²) in [6.45, 7) is 1.87. The fourth-order valence-corrected chi connectivity index (χ4v) is 1.57. The molecule has 4 heteroatoms. The number of aryl methyl sites for hydroxylation is 1. The molecule has 2 rings (SSSR count). The van der Waals surface area contributed by atoms with Crippen LogP contribution in [0.4, 0.5) is 0 Å². The fourth-order valence-electron chi connectivity index (χ4n) is 0.928. The molecule has 0 bridgehead atoms. The van der Waals surface area contributed by atoms with Gasteiger partial charge in [-0.1, -0.05) is 0 Å². The summed E-state index contributed by atoms with van der Waals surface area (Å²) in [6, 6.07) is 3.71. The normalized spacial score (nSPS) is 10.4. The highest BCUT2D eigenvalue weighted by Crippen LogP contribution is 2.27. The van der Waals surface area contributed by atoms with E-state index in [1.54, 1.807) is 5.38 Å². The lowest BCUT2D eigenvalue weighted by Crippen LogP contribution is -1.68. The van der Waals surface area contributed by atoms with E-state index in [1.165, 1.54) is 11.3 Å². The van der Waals surface area contributed by atoms with Crippen LogP contribution in [0, 0.1) is 6.92 Å². The molecule has 0 saturated heterocycles. The Balaban J connectivity index is 2.43. The number of hydrogen-bond donors (Lipinski definition) is 1. The fraction of sp³-hybridized carbons (Fsp3) is 0.125. The molecule has 0 radical (unpaired) electrons. The van der Waals surface area contributed by atoms with Crippen molar-refractivity contribution in [3.05, 3.63) is 23.3 Å². The molecule has 0 aromatic carbocycles. The van der Waals surface area contributed by atoms with E-state index in [0.717, 1.165) is 5.76 Å². The first kappa shape index (κ1) is 7.36. The molecule has 0 fully saturated rings. The molecule has 0 saturated carbocycles. The highest BCUT2D eigenvalue weighted by atomic mass is 32.1. The number of aromatic hydroxyl groups is 1. The minimum absolute atomic E-state index is 0.0454. The van der Waals surface area contributed by atoms with Gasteiger partial charge in [0.25, 0.3) is 0 Å². The molecule has 0 atom stereocenters. The Morgan fingerprint density at radius 3 is 2.83 bits per heavy atom. The second kappa shape index (κ2) is 2.64. The van der Waals surface area contributed by atoms with Gasteiger partial charge >= 0.3 is 0 Å². The zero-order valence-electron chi connectivity index (χ0n) is 6.44. The summed E-state index contributed by atoms with van der Waals surface area (Å²) in [7, 11) is 0. The van der Waals surface area contributed by atoms with Crippen LogP contribution in [0.15, 0.2) is 21.9 Å². The third-order valence-electron chi connectivity index (χ3n) is 1.44. The maximum Gasteiger partial charge on any atom is 0.222 e. The molecule has 0 aliphatic carbocycles. The van der Waals surface area contributed by atoms with E-state index in [-0.39, 0.29) is 5.88 Å². The van der Waals surface area contributed by atoms with Crippen molar-refractivity contribution in [2.75, 3.05) is 0 Å². The quantitative estimate of drug-likeness (QED) is 0.734. The van der Waals surface area contributed by atoms with Crippen molar-refractivity contribution >= 4 is 11.3 Å². The summed E-state index contributed by atoms with van der Waals surface area (Å²) in [5, 5.41) is 11.3. The first-order chi connectivity index (χ1) is 5.75. The van der Waals surface area contributed by atoms with E-state index in [4.69, 9.17) is 9.52 Å². The summed E-state index contributed by atoms with van der Waals surface area (Å²) in [6.07, 6.45) is 0. The molecule has 3 nitrogen and oxygen atoms in total. The number of furan rings is 1. The lowest BCUT2D eigenvalue weighted by molar-refractivity contribution is 0.457. The van der Waals surface area contributed by atoms with Gasteiger partial charge in [0.1, 0.15) is 5.76 Å². The lowest BCUT2D eigenvalue weighted by Gasteiger charge is -1.86. The van der Waals surface area contributed by atoms with Crippen molar-refractivity contribution in [3.8, 4) is 16.6 Å². The first-order valence-electron chi connectivity index (χ1n) is 3.47. The van der Waals surface area contributed by atoms with Crippen LogP contribution < -0.4 is 0 Å². The lowest BCUT2D eigenvalue weighted by atomic mass is 10.4. The van der Waals surface area contributed by atoms with Gasteiger partial charge in [0, 0.05) is 0 Å². The highest BCUT2D eigenvalue weighted by Gasteiger charge is 2.06. The van der Waals surface area contributed by atoms with Gasteiger partial charge < -0.3 is 9.52 Å². The Morgan fingerprint density at radius 1 is 1.50 bits per heavy atom. The van der Waals surface area contributed by atoms with Gasteiger partial charge in [0.05, 0.1) is 5.38 Å². The van der Waals surface area contributed by atoms with Gasteiger partial charge in [0.15, 0.2) is 10.8 Å². The standard InChI is InChI=1S/C8H7NO2S/c1-5-2-3-6(11-5)8-9-7(10)4-12-8/h2-4,10H,1H3. The topological polar surface area (TPSA) is 46.3 Å². The Labute approximate surface area is 73.3 Å². The summed E-state index contributed by atoms with van der Waals surface area (Å²) >= 11 is 1.36. The molecule has 0 unspecified atom stereocenters. The SMILES string of the molecule is Cc1ccc(-c2nc(O)cs2)o1. The van der Waals surface area contributed by atoms with E-state index in [9.17, 15) is 0 Å². The predicted molar refractivity (Wildman–Crippen MR) is 46.2 cm³/mol. The van der Waals surface area contributed by atoms with E-state index in [0.29, 0.717) is 10.8 Å². The Bertz CT molecular complexity index is 353. The molecule has 2 aromatic heterocycles. The second-order valence-corrected chi connectivity index (χ2v) is 3.28. The van der Waals surface area contributed by atoms with Crippen LogP contribution in [0.25, 0.3) is 10.8 Å². The van der Waals surface area contributed by atoms with Crippen molar-refractivity contribution in [2.45, 2.75) is 6.92 Å². The summed E-state index contributed by atoms with van der Waals surface area (Å²) in [5.74, 6) is 1.60. The zero-order chi connectivity index (χ0) is 8.55. The molecule has 62 valence electrons. The Kier molecular flexibility index (Phi) is 1.62. The third-order valence-corrected chi connectivity index (χ3v) is 2.29. The molecule has 2 aromatic rings. The van der Waals surface area contributed by atoms with Crippen LogP contribution in [0.3, 0.4) is 0 Å². The average molecular weight is 181 g/mol. The molecule has 0 amide bonds. The van der Waals surface area contributed by atoms with Crippen LogP contribution in [-0.4, -0.2) is 10.1 Å². The van der Waals surface area contributed by atoms with Gasteiger partial charge in [-0.2, -0.15) is 4.98 Å². The second-order valence-electron chi connectivity index (χ2n) is 2.42. The maximum absolute atomic E-state index is 8.98. The van der Waals surface area contributed by atoms with Gasteiger partial charge in [0.2, 0.25) is 5.88 Å². The van der Waals surface area contributed by atoms with E-state index < -0.39 is 0 Å². The van der Waals surface area contributed by atoms with Crippen molar-refractivity contribution in [1.82, 2.24) is 4.98 Å². The largest absolute Gasteiger partial charge is 0.493 e. The minimum atomic E-state index is 0.0454. The first-order valence-corrected chi connectivity index (χ1v) is 4.35. The number of thiazole rings is 1. The molecule has 1 N–H and O–H groups in total. The van der Waals surface area contributed by atoms with Crippen LogP contribution >= 0.6 is 11.3 Å². The van der Waals surface area contributed by atoms with Crippen LogP contribution in [-0.2, 0) is 0 Å². The highest BCUT2D eigenvalue weighted by molar-refractivity contribution is 7.13. The molecule has 0 aliphatic rings. The Morgan fingerprint density at radius 2 is 2.33 bits per heavy atom. The predicted octanol–water partition coefficient (Wildman–Crippen LogP) is 2.42. The minimum Gasteiger partial charge on any atom is -0.493 e. The summed E-state index contributed by atoms with van der Waals surface area (Å²) < 4.78 is 5.32. The molecular weight excluding hydrogens is 174 g/mol. The molecule has 2 heterocycles. The molecular formula is C8H7NO2S. The zero-order valence-corrected chi connectivity index (χ0v) is 7.26. The van der Waals surface area contributed by atoms with E-state index in [1.807, 2.05) is 19.1 Å². The number of nitrogens with zero attached hydrogens (tertiary/aromatic N) is 1. The van der Waals surface area contributed by atoms with Crippen LogP contribution in [0.5, 0.6) is 5.88 Å². The van der Waals surface area contributed by atoms with E-state index in [2.05, 4.69) is 4.98 Å². The van der Waals surface area contributed by atoms with E-state index >= 15 is 0 Å². The van der Waals surface area contributed by atoms with Crippen molar-refractivity contribution in [1.29, 1.82) is 0 Å². The van der Waals surface area contributed by atoms with Gasteiger partial charge in [-0.15, -0.1) is 11.3 Å². The number of aromatic nitrogens is 1. The third kappa shape index (κ3) is 1.21. The number of rotatable bonds is 1. The van der Waals surface area contributed by atoms with Crippen molar-refractivity contribution in [3.63, 3.8) is 0 Å². The molecule has 0 spiro atoms. The summed E-state index contributed by atoms with van der Waals surface area (Å²) in [4.78, 5) is 3.87. The number of hydrogen-bond acceptors (Lipinski definition) is 4. The van der Waals surface area contributed by atoms with Gasteiger partial charge in [-0.05, 0) is 19.1 Å². The van der Waals surface area contributed by atoms with Crippen molar-refractivity contribution < 1.29 is 9.52 Å². The average Bonchev–Trinajstić information content (AvgIpc) is 2.58. The van der Waals surface area contributed by atoms with Gasteiger partial charge in [-0.3, -0.25) is 0 Å². The smallest absolute Gasteiger partial charge is 0.222 e. The van der Waals surface area contributed by atoms with Gasteiger partial charge in [-0.25, -0.2) is 0 Å².